The number of aryl methyl sites for hydroxylation is 2. The Kier molecular flexibility index (Phi) is 4.48. The Bertz CT molecular complexity index is 1300. The van der Waals surface area contributed by atoms with Crippen LogP contribution in [0.25, 0.3) is 22.3 Å². The molecule has 1 aliphatic rings. The van der Waals surface area contributed by atoms with Crippen molar-refractivity contribution < 1.29 is 4.39 Å². The summed E-state index contributed by atoms with van der Waals surface area (Å²) < 4.78 is 14.7. The van der Waals surface area contributed by atoms with Crippen LogP contribution in [0.4, 0.5) is 15.8 Å². The van der Waals surface area contributed by atoms with Gasteiger partial charge in [-0.2, -0.15) is 0 Å². The maximum absolute atomic E-state index is 14.7. The number of nitrogens with one attached hydrogen (secondary N) is 1. The Morgan fingerprint density at radius 1 is 0.645 bits per heavy atom. The average molecular weight is 408 g/mol. The van der Waals surface area contributed by atoms with Gasteiger partial charge in [0.2, 0.25) is 0 Å². The second-order valence-corrected chi connectivity index (χ2v) is 9.02. The van der Waals surface area contributed by atoms with Gasteiger partial charge in [-0.05, 0) is 71.0 Å². The van der Waals surface area contributed by atoms with E-state index in [1.54, 1.807) is 6.07 Å². The van der Waals surface area contributed by atoms with Crippen molar-refractivity contribution in [2.75, 3.05) is 5.32 Å². The van der Waals surface area contributed by atoms with Gasteiger partial charge in [-0.15, -0.1) is 0 Å². The van der Waals surface area contributed by atoms with E-state index in [9.17, 15) is 4.39 Å². The minimum Gasteiger partial charge on any atom is -0.355 e. The number of halogens is 1. The molecule has 1 nitrogen and oxygen atoms in total. The number of hydrogen-bond acceptors (Lipinski definition) is 1. The SMILES string of the molecule is Cc1cc(F)c(-c2ccccc2)cc1Nc1cc2c(cc1C)C(C)(C)c1ccccc1-2. The van der Waals surface area contributed by atoms with E-state index in [2.05, 4.69) is 62.5 Å². The fourth-order valence-corrected chi connectivity index (χ4v) is 4.78. The summed E-state index contributed by atoms with van der Waals surface area (Å²) in [6.07, 6.45) is 0. The first-order valence-corrected chi connectivity index (χ1v) is 10.7. The van der Waals surface area contributed by atoms with E-state index in [1.165, 1.54) is 27.8 Å². The zero-order valence-corrected chi connectivity index (χ0v) is 18.4. The number of anilines is 2. The van der Waals surface area contributed by atoms with Gasteiger partial charge in [-0.25, -0.2) is 4.39 Å². The third-order valence-electron chi connectivity index (χ3n) is 6.60. The van der Waals surface area contributed by atoms with Gasteiger partial charge in [0.25, 0.3) is 0 Å². The maximum atomic E-state index is 14.7. The van der Waals surface area contributed by atoms with E-state index in [0.717, 1.165) is 22.5 Å². The van der Waals surface area contributed by atoms with Gasteiger partial charge in [-0.1, -0.05) is 74.5 Å². The van der Waals surface area contributed by atoms with E-state index < -0.39 is 0 Å². The smallest absolute Gasteiger partial charge is 0.131 e. The first-order chi connectivity index (χ1) is 14.9. The van der Waals surface area contributed by atoms with Gasteiger partial charge < -0.3 is 5.32 Å². The fourth-order valence-electron chi connectivity index (χ4n) is 4.78. The van der Waals surface area contributed by atoms with Crippen molar-refractivity contribution in [3.8, 4) is 22.3 Å². The molecule has 0 spiro atoms. The number of benzene rings is 4. The van der Waals surface area contributed by atoms with E-state index in [1.807, 2.05) is 43.3 Å². The van der Waals surface area contributed by atoms with Crippen molar-refractivity contribution in [1.82, 2.24) is 0 Å². The lowest BCUT2D eigenvalue weighted by Gasteiger charge is -2.22. The molecule has 31 heavy (non-hydrogen) atoms. The van der Waals surface area contributed by atoms with E-state index in [0.29, 0.717) is 5.56 Å². The molecule has 0 bridgehead atoms. The standard InChI is InChI=1S/C29H26FN/c1-18-14-25-23(21-12-8-9-13-24(21)29(25,3)4)17-28(18)31-27-16-22(26(30)15-19(27)2)20-10-6-5-7-11-20/h5-17,31H,1-4H3. The average Bonchev–Trinajstić information content (AvgIpc) is 2.98. The molecule has 5 rings (SSSR count). The lowest BCUT2D eigenvalue weighted by atomic mass is 9.82. The Hall–Kier alpha value is -3.39. The summed E-state index contributed by atoms with van der Waals surface area (Å²) in [6.45, 7) is 8.67. The molecule has 0 heterocycles. The third kappa shape index (κ3) is 3.14. The van der Waals surface area contributed by atoms with Crippen molar-refractivity contribution in [1.29, 1.82) is 0 Å². The van der Waals surface area contributed by atoms with Crippen molar-refractivity contribution in [2.24, 2.45) is 0 Å². The van der Waals surface area contributed by atoms with Crippen molar-refractivity contribution in [2.45, 2.75) is 33.1 Å². The molecular formula is C29H26FN. The largest absolute Gasteiger partial charge is 0.355 e. The highest BCUT2D eigenvalue weighted by molar-refractivity contribution is 5.85. The first kappa shape index (κ1) is 19.6. The summed E-state index contributed by atoms with van der Waals surface area (Å²) >= 11 is 0. The summed E-state index contributed by atoms with van der Waals surface area (Å²) in [5.41, 5.74) is 10.8. The van der Waals surface area contributed by atoms with Gasteiger partial charge >= 0.3 is 0 Å². The monoisotopic (exact) mass is 407 g/mol. The molecule has 0 amide bonds. The topological polar surface area (TPSA) is 12.0 Å². The predicted molar refractivity (Wildman–Crippen MR) is 129 cm³/mol. The Labute approximate surface area is 183 Å². The Morgan fingerprint density at radius 3 is 2.00 bits per heavy atom. The van der Waals surface area contributed by atoms with Crippen LogP contribution >= 0.6 is 0 Å². The van der Waals surface area contributed by atoms with E-state index in [-0.39, 0.29) is 11.2 Å². The second kappa shape index (κ2) is 7.09. The summed E-state index contributed by atoms with van der Waals surface area (Å²) in [6, 6.07) is 26.5. The van der Waals surface area contributed by atoms with Crippen molar-refractivity contribution >= 4 is 11.4 Å². The maximum Gasteiger partial charge on any atom is 0.131 e. The molecule has 0 fully saturated rings. The lowest BCUT2D eigenvalue weighted by Crippen LogP contribution is -2.15. The zero-order valence-electron chi connectivity index (χ0n) is 18.4. The molecule has 1 aliphatic carbocycles. The van der Waals surface area contributed by atoms with Crippen LogP contribution in [-0.2, 0) is 5.41 Å². The normalized spacial score (nSPS) is 13.6. The molecule has 1 N–H and O–H groups in total. The third-order valence-corrected chi connectivity index (χ3v) is 6.60. The van der Waals surface area contributed by atoms with Crippen LogP contribution in [0.2, 0.25) is 0 Å². The quantitative estimate of drug-likeness (QED) is 0.361. The second-order valence-electron chi connectivity index (χ2n) is 9.02. The van der Waals surface area contributed by atoms with Gasteiger partial charge in [0.05, 0.1) is 0 Å². The van der Waals surface area contributed by atoms with Crippen molar-refractivity contribution in [3.63, 3.8) is 0 Å². The van der Waals surface area contributed by atoms with Gasteiger partial charge in [0.1, 0.15) is 5.82 Å². The predicted octanol–water partition coefficient (Wildman–Crippen LogP) is 8.16. The first-order valence-electron chi connectivity index (χ1n) is 10.7. The number of rotatable bonds is 3. The molecule has 4 aromatic rings. The van der Waals surface area contributed by atoms with Gasteiger partial charge in [-0.3, -0.25) is 0 Å². The molecule has 4 aromatic carbocycles. The van der Waals surface area contributed by atoms with Crippen LogP contribution in [-0.4, -0.2) is 0 Å². The van der Waals surface area contributed by atoms with Crippen LogP contribution in [0.3, 0.4) is 0 Å². The molecule has 0 saturated carbocycles. The summed E-state index contributed by atoms with van der Waals surface area (Å²) in [7, 11) is 0. The summed E-state index contributed by atoms with van der Waals surface area (Å²) in [5.74, 6) is -0.199. The van der Waals surface area contributed by atoms with Gasteiger partial charge in [0, 0.05) is 22.4 Å². The van der Waals surface area contributed by atoms with Crippen LogP contribution in [0, 0.1) is 19.7 Å². The molecular weight excluding hydrogens is 381 g/mol. The molecule has 0 unspecified atom stereocenters. The number of fused-ring (bicyclic) bond motifs is 3. The van der Waals surface area contributed by atoms with Crippen LogP contribution in [0.1, 0.15) is 36.1 Å². The van der Waals surface area contributed by atoms with Crippen LogP contribution in [0.5, 0.6) is 0 Å². The summed E-state index contributed by atoms with van der Waals surface area (Å²) in [4.78, 5) is 0. The molecule has 2 heteroatoms. The number of hydrogen-bond donors (Lipinski definition) is 1. The molecule has 0 aliphatic heterocycles. The fraction of sp³-hybridized carbons (Fsp3) is 0.172. The highest BCUT2D eigenvalue weighted by Crippen LogP contribution is 2.50. The molecule has 0 atom stereocenters. The zero-order chi connectivity index (χ0) is 21.8. The van der Waals surface area contributed by atoms with Crippen molar-refractivity contribution in [3.05, 3.63) is 107 Å². The van der Waals surface area contributed by atoms with Crippen LogP contribution in [0.15, 0.2) is 78.9 Å². The van der Waals surface area contributed by atoms with Gasteiger partial charge in [0.15, 0.2) is 0 Å². The van der Waals surface area contributed by atoms with E-state index >= 15 is 0 Å². The Balaban J connectivity index is 1.60. The van der Waals surface area contributed by atoms with Crippen LogP contribution < -0.4 is 5.32 Å². The molecule has 0 aromatic heterocycles. The lowest BCUT2D eigenvalue weighted by molar-refractivity contribution is 0.630. The molecule has 154 valence electrons. The highest BCUT2D eigenvalue weighted by atomic mass is 19.1. The Morgan fingerprint density at radius 2 is 1.26 bits per heavy atom. The summed E-state index contributed by atoms with van der Waals surface area (Å²) in [5, 5.41) is 3.60. The molecule has 0 saturated heterocycles. The minimum absolute atomic E-state index is 0.0124. The van der Waals surface area contributed by atoms with E-state index in [4.69, 9.17) is 0 Å². The minimum atomic E-state index is -0.199. The highest BCUT2D eigenvalue weighted by Gasteiger charge is 2.35. The molecule has 0 radical (unpaired) electrons.